The number of carbonyl (C=O) groups is 2. The summed E-state index contributed by atoms with van der Waals surface area (Å²) < 4.78 is 0. The topological polar surface area (TPSA) is 86.9 Å². The van der Waals surface area contributed by atoms with Crippen LogP contribution >= 0.6 is 0 Å². The van der Waals surface area contributed by atoms with Crippen molar-refractivity contribution in [2.75, 3.05) is 6.54 Å². The van der Waals surface area contributed by atoms with Gasteiger partial charge in [0.15, 0.2) is 0 Å². The summed E-state index contributed by atoms with van der Waals surface area (Å²) in [7, 11) is 0. The number of aryl methyl sites for hydroxylation is 1. The van der Waals surface area contributed by atoms with Crippen molar-refractivity contribution in [3.05, 3.63) is 53.3 Å². The molecule has 6 heteroatoms. The number of nitrogens with one attached hydrogen (secondary N) is 3. The molecule has 0 aliphatic rings. The molecule has 1 aromatic heterocycles. The van der Waals surface area contributed by atoms with E-state index in [1.807, 2.05) is 26.0 Å². The standard InChI is InChI=1S/C15H18N4O2/c1-10-3-5-12(6-4-10)15(21)16-9-14(20)19-11(2)13-7-17-18-8-13/h3-8,11H,9H2,1-2H3,(H,16,21)(H,17,18)(H,19,20). The predicted octanol–water partition coefficient (Wildman–Crippen LogP) is 1.33. The lowest BCUT2D eigenvalue weighted by molar-refractivity contribution is -0.120. The molecule has 21 heavy (non-hydrogen) atoms. The van der Waals surface area contributed by atoms with Gasteiger partial charge < -0.3 is 10.6 Å². The molecule has 2 amide bonds. The van der Waals surface area contributed by atoms with Crippen molar-refractivity contribution >= 4 is 11.8 Å². The van der Waals surface area contributed by atoms with Crippen LogP contribution in [0, 0.1) is 6.92 Å². The molecule has 3 N–H and O–H groups in total. The molecular weight excluding hydrogens is 268 g/mol. The van der Waals surface area contributed by atoms with Crippen molar-refractivity contribution in [3.8, 4) is 0 Å². The predicted molar refractivity (Wildman–Crippen MR) is 78.7 cm³/mol. The number of hydrogen-bond acceptors (Lipinski definition) is 3. The van der Waals surface area contributed by atoms with Gasteiger partial charge in [-0.3, -0.25) is 14.7 Å². The van der Waals surface area contributed by atoms with Gasteiger partial charge in [-0.1, -0.05) is 17.7 Å². The van der Waals surface area contributed by atoms with E-state index in [1.54, 1.807) is 24.5 Å². The fraction of sp³-hybridized carbons (Fsp3) is 0.267. The van der Waals surface area contributed by atoms with Crippen LogP contribution in [0.4, 0.5) is 0 Å². The normalized spacial score (nSPS) is 11.7. The molecule has 0 saturated heterocycles. The van der Waals surface area contributed by atoms with Gasteiger partial charge in [-0.05, 0) is 26.0 Å². The van der Waals surface area contributed by atoms with Gasteiger partial charge in [0, 0.05) is 17.3 Å². The first-order valence-corrected chi connectivity index (χ1v) is 6.69. The number of rotatable bonds is 5. The number of benzene rings is 1. The molecule has 2 rings (SSSR count). The van der Waals surface area contributed by atoms with E-state index in [4.69, 9.17) is 0 Å². The summed E-state index contributed by atoms with van der Waals surface area (Å²) in [4.78, 5) is 23.7. The Hall–Kier alpha value is -2.63. The van der Waals surface area contributed by atoms with Gasteiger partial charge in [-0.25, -0.2) is 0 Å². The summed E-state index contributed by atoms with van der Waals surface area (Å²) in [5.41, 5.74) is 2.50. The highest BCUT2D eigenvalue weighted by Gasteiger charge is 2.12. The van der Waals surface area contributed by atoms with E-state index in [0.29, 0.717) is 5.56 Å². The first-order valence-electron chi connectivity index (χ1n) is 6.69. The molecule has 0 saturated carbocycles. The SMILES string of the molecule is Cc1ccc(C(=O)NCC(=O)NC(C)c2cn[nH]c2)cc1. The highest BCUT2D eigenvalue weighted by molar-refractivity contribution is 5.96. The fourth-order valence-corrected chi connectivity index (χ4v) is 1.84. The fourth-order valence-electron chi connectivity index (χ4n) is 1.84. The van der Waals surface area contributed by atoms with E-state index in [2.05, 4.69) is 20.8 Å². The van der Waals surface area contributed by atoms with E-state index >= 15 is 0 Å². The molecular formula is C15H18N4O2. The Morgan fingerprint density at radius 2 is 2.00 bits per heavy atom. The van der Waals surface area contributed by atoms with Gasteiger partial charge in [0.1, 0.15) is 0 Å². The minimum atomic E-state index is -0.263. The third-order valence-corrected chi connectivity index (χ3v) is 3.12. The highest BCUT2D eigenvalue weighted by Crippen LogP contribution is 2.08. The Kier molecular flexibility index (Phi) is 4.71. The maximum Gasteiger partial charge on any atom is 0.251 e. The van der Waals surface area contributed by atoms with Gasteiger partial charge >= 0.3 is 0 Å². The van der Waals surface area contributed by atoms with Crippen molar-refractivity contribution in [2.45, 2.75) is 19.9 Å². The molecule has 0 bridgehead atoms. The summed E-state index contributed by atoms with van der Waals surface area (Å²) in [6.45, 7) is 3.74. The number of hydrogen-bond donors (Lipinski definition) is 3. The average Bonchev–Trinajstić information content (AvgIpc) is 3.00. The summed E-state index contributed by atoms with van der Waals surface area (Å²) >= 11 is 0. The second kappa shape index (κ2) is 6.69. The zero-order chi connectivity index (χ0) is 15.2. The van der Waals surface area contributed by atoms with Crippen LogP contribution < -0.4 is 10.6 Å². The third kappa shape index (κ3) is 4.17. The van der Waals surface area contributed by atoms with Crippen LogP contribution in [0.2, 0.25) is 0 Å². The van der Waals surface area contributed by atoms with Crippen LogP contribution in [0.15, 0.2) is 36.7 Å². The zero-order valence-corrected chi connectivity index (χ0v) is 12.0. The third-order valence-electron chi connectivity index (χ3n) is 3.12. The maximum absolute atomic E-state index is 11.9. The summed E-state index contributed by atoms with van der Waals surface area (Å²) in [5.74, 6) is -0.509. The molecule has 0 aliphatic heterocycles. The Labute approximate surface area is 122 Å². The lowest BCUT2D eigenvalue weighted by Gasteiger charge is -2.12. The van der Waals surface area contributed by atoms with Gasteiger partial charge in [-0.15, -0.1) is 0 Å². The van der Waals surface area contributed by atoms with Crippen LogP contribution in [-0.2, 0) is 4.79 Å². The van der Waals surface area contributed by atoms with Crippen molar-refractivity contribution < 1.29 is 9.59 Å². The van der Waals surface area contributed by atoms with E-state index in [0.717, 1.165) is 11.1 Å². The first kappa shape index (κ1) is 14.8. The van der Waals surface area contributed by atoms with Crippen LogP contribution in [0.5, 0.6) is 0 Å². The molecule has 0 aliphatic carbocycles. The minimum absolute atomic E-state index is 0.0606. The van der Waals surface area contributed by atoms with E-state index in [-0.39, 0.29) is 24.4 Å². The highest BCUT2D eigenvalue weighted by atomic mass is 16.2. The van der Waals surface area contributed by atoms with E-state index in [9.17, 15) is 9.59 Å². The number of carbonyl (C=O) groups excluding carboxylic acids is 2. The molecule has 110 valence electrons. The average molecular weight is 286 g/mol. The maximum atomic E-state index is 11.9. The molecule has 1 unspecified atom stereocenters. The van der Waals surface area contributed by atoms with Crippen LogP contribution in [-0.4, -0.2) is 28.6 Å². The Morgan fingerprint density at radius 3 is 2.62 bits per heavy atom. The number of aromatic nitrogens is 2. The molecule has 1 heterocycles. The molecule has 1 atom stereocenters. The molecule has 0 spiro atoms. The van der Waals surface area contributed by atoms with Crippen LogP contribution in [0.1, 0.15) is 34.5 Å². The van der Waals surface area contributed by atoms with Gasteiger partial charge in [0.25, 0.3) is 5.91 Å². The quantitative estimate of drug-likeness (QED) is 0.775. The largest absolute Gasteiger partial charge is 0.348 e. The summed E-state index contributed by atoms with van der Waals surface area (Å²) in [6.07, 6.45) is 3.37. The number of H-pyrrole nitrogens is 1. The van der Waals surface area contributed by atoms with Crippen molar-refractivity contribution in [3.63, 3.8) is 0 Å². The molecule has 0 radical (unpaired) electrons. The zero-order valence-electron chi connectivity index (χ0n) is 12.0. The van der Waals surface area contributed by atoms with Crippen LogP contribution in [0.3, 0.4) is 0 Å². The Bertz CT molecular complexity index is 605. The molecule has 0 fully saturated rings. The van der Waals surface area contributed by atoms with Crippen molar-refractivity contribution in [2.24, 2.45) is 0 Å². The number of amides is 2. The summed E-state index contributed by atoms with van der Waals surface area (Å²) in [5, 5.41) is 11.9. The lowest BCUT2D eigenvalue weighted by atomic mass is 10.1. The van der Waals surface area contributed by atoms with E-state index in [1.165, 1.54) is 0 Å². The first-order chi connectivity index (χ1) is 10.1. The van der Waals surface area contributed by atoms with Gasteiger partial charge in [0.2, 0.25) is 5.91 Å². The van der Waals surface area contributed by atoms with E-state index < -0.39 is 0 Å². The smallest absolute Gasteiger partial charge is 0.251 e. The van der Waals surface area contributed by atoms with Crippen LogP contribution in [0.25, 0.3) is 0 Å². The second-order valence-electron chi connectivity index (χ2n) is 4.87. The van der Waals surface area contributed by atoms with Crippen molar-refractivity contribution in [1.82, 2.24) is 20.8 Å². The lowest BCUT2D eigenvalue weighted by Crippen LogP contribution is -2.37. The minimum Gasteiger partial charge on any atom is -0.348 e. The molecule has 1 aromatic carbocycles. The Balaban J connectivity index is 1.81. The number of aromatic amines is 1. The number of nitrogens with zero attached hydrogens (tertiary/aromatic N) is 1. The van der Waals surface area contributed by atoms with Gasteiger partial charge in [-0.2, -0.15) is 5.10 Å². The summed E-state index contributed by atoms with van der Waals surface area (Å²) in [6, 6.07) is 7.02. The molecule has 2 aromatic rings. The monoisotopic (exact) mass is 286 g/mol. The Morgan fingerprint density at radius 1 is 1.29 bits per heavy atom. The second-order valence-corrected chi connectivity index (χ2v) is 4.87. The van der Waals surface area contributed by atoms with Gasteiger partial charge in [0.05, 0.1) is 18.8 Å². The molecule has 6 nitrogen and oxygen atoms in total. The van der Waals surface area contributed by atoms with Crippen molar-refractivity contribution in [1.29, 1.82) is 0 Å².